The normalized spacial score (nSPS) is 11.6. The summed E-state index contributed by atoms with van der Waals surface area (Å²) in [5.74, 6) is -4.71. The number of hydrogen-bond donors (Lipinski definition) is 0. The van der Waals surface area contributed by atoms with Crippen LogP contribution in [0.3, 0.4) is 0 Å². The van der Waals surface area contributed by atoms with Crippen LogP contribution in [0.1, 0.15) is 6.92 Å². The zero-order chi connectivity index (χ0) is 9.23. The number of carbonyl (C=O) groups excluding carboxylic acids is 2. The van der Waals surface area contributed by atoms with Gasteiger partial charge in [0.25, 0.3) is 6.43 Å². The van der Waals surface area contributed by atoms with E-state index in [1.807, 2.05) is 0 Å². The van der Waals surface area contributed by atoms with Crippen molar-refractivity contribution < 1.29 is 28.6 Å². The molecule has 64 valence electrons. The van der Waals surface area contributed by atoms with Crippen molar-refractivity contribution >= 4 is 11.9 Å². The molecule has 11 heavy (non-hydrogen) atoms. The number of aliphatic carboxylic acids is 2. The monoisotopic (exact) mass is 166 g/mol. The van der Waals surface area contributed by atoms with Gasteiger partial charge in [0.15, 0.2) is 0 Å². The van der Waals surface area contributed by atoms with Crippen LogP contribution in [-0.2, 0) is 9.59 Å². The van der Waals surface area contributed by atoms with Crippen LogP contribution in [-0.4, -0.2) is 18.4 Å². The van der Waals surface area contributed by atoms with E-state index in [9.17, 15) is 28.6 Å². The Kier molecular flexibility index (Phi) is 2.50. The fourth-order valence-corrected chi connectivity index (χ4v) is 0.262. The molecule has 0 rings (SSSR count). The summed E-state index contributed by atoms with van der Waals surface area (Å²) in [4.78, 5) is 19.8. The average Bonchev–Trinajstić information content (AvgIpc) is 1.84. The van der Waals surface area contributed by atoms with Crippen LogP contribution in [0.25, 0.3) is 0 Å². The van der Waals surface area contributed by atoms with E-state index >= 15 is 0 Å². The molecule has 4 nitrogen and oxygen atoms in total. The van der Waals surface area contributed by atoms with Crippen molar-refractivity contribution in [2.45, 2.75) is 13.3 Å². The lowest BCUT2D eigenvalue weighted by molar-refractivity contribution is -0.348. The minimum atomic E-state index is -3.54. The zero-order valence-electron chi connectivity index (χ0n) is 5.47. The first-order chi connectivity index (χ1) is 4.83. The maximum atomic E-state index is 11.7. The van der Waals surface area contributed by atoms with Crippen molar-refractivity contribution in [3.05, 3.63) is 0 Å². The molecule has 0 aliphatic carbocycles. The molecule has 0 spiro atoms. The van der Waals surface area contributed by atoms with Gasteiger partial charge in [-0.05, 0) is 6.92 Å². The molecule has 0 unspecified atom stereocenters. The van der Waals surface area contributed by atoms with Gasteiger partial charge in [0.2, 0.25) is 0 Å². The SMILES string of the molecule is CC(C(=O)[O-])(C(=O)[O-])C(F)F. The summed E-state index contributed by atoms with van der Waals surface area (Å²) in [6.45, 7) is 0.336. The minimum Gasteiger partial charge on any atom is -0.549 e. The van der Waals surface area contributed by atoms with Crippen molar-refractivity contribution in [3.8, 4) is 0 Å². The number of hydrogen-bond acceptors (Lipinski definition) is 4. The molecule has 0 heterocycles. The Morgan fingerprint density at radius 1 is 1.27 bits per heavy atom. The van der Waals surface area contributed by atoms with E-state index in [1.165, 1.54) is 0 Å². The van der Waals surface area contributed by atoms with E-state index in [1.54, 1.807) is 0 Å². The molecule has 0 aromatic carbocycles. The molecule has 6 heteroatoms. The molecule has 0 aromatic heterocycles. The second-order valence-corrected chi connectivity index (χ2v) is 2.08. The molecule has 0 bridgehead atoms. The Morgan fingerprint density at radius 3 is 1.55 bits per heavy atom. The summed E-state index contributed by atoms with van der Waals surface area (Å²) in [5.41, 5.74) is -3.22. The van der Waals surface area contributed by atoms with Crippen molar-refractivity contribution in [1.82, 2.24) is 0 Å². The first-order valence-electron chi connectivity index (χ1n) is 2.54. The lowest BCUT2D eigenvalue weighted by Gasteiger charge is -2.30. The van der Waals surface area contributed by atoms with Crippen molar-refractivity contribution in [2.24, 2.45) is 5.41 Å². The quantitative estimate of drug-likeness (QED) is 0.444. The fraction of sp³-hybridized carbons (Fsp3) is 0.600. The maximum absolute atomic E-state index is 11.7. The van der Waals surface area contributed by atoms with Gasteiger partial charge in [0.1, 0.15) is 5.41 Å². The third-order valence-electron chi connectivity index (χ3n) is 1.28. The van der Waals surface area contributed by atoms with Crippen LogP contribution < -0.4 is 10.2 Å². The molecule has 0 aliphatic rings. The largest absolute Gasteiger partial charge is 0.549 e. The maximum Gasteiger partial charge on any atom is 0.254 e. The van der Waals surface area contributed by atoms with E-state index in [0.717, 1.165) is 0 Å². The highest BCUT2D eigenvalue weighted by molar-refractivity contribution is 5.96. The van der Waals surface area contributed by atoms with Gasteiger partial charge in [-0.25, -0.2) is 8.78 Å². The fourth-order valence-electron chi connectivity index (χ4n) is 0.262. The molecule has 0 saturated heterocycles. The Hall–Kier alpha value is -1.20. The zero-order valence-corrected chi connectivity index (χ0v) is 5.47. The Balaban J connectivity index is 4.82. The van der Waals surface area contributed by atoms with E-state index in [2.05, 4.69) is 0 Å². The summed E-state index contributed by atoms with van der Waals surface area (Å²) in [6, 6.07) is 0. The Morgan fingerprint density at radius 2 is 1.55 bits per heavy atom. The van der Waals surface area contributed by atoms with Gasteiger partial charge in [0, 0.05) is 0 Å². The number of carboxylic acids is 2. The van der Waals surface area contributed by atoms with Crippen LogP contribution in [0.4, 0.5) is 8.78 Å². The summed E-state index contributed by atoms with van der Waals surface area (Å²) < 4.78 is 23.5. The van der Waals surface area contributed by atoms with Crippen molar-refractivity contribution in [2.75, 3.05) is 0 Å². The summed E-state index contributed by atoms with van der Waals surface area (Å²) in [5, 5.41) is 19.8. The number of carbonyl (C=O) groups is 2. The van der Waals surface area contributed by atoms with Crippen LogP contribution in [0, 0.1) is 5.41 Å². The number of alkyl halides is 2. The molecule has 0 aromatic rings. The van der Waals surface area contributed by atoms with Gasteiger partial charge in [0.05, 0.1) is 11.9 Å². The van der Waals surface area contributed by atoms with E-state index in [0.29, 0.717) is 6.92 Å². The van der Waals surface area contributed by atoms with Gasteiger partial charge in [-0.1, -0.05) is 0 Å². The molecule has 0 radical (unpaired) electrons. The third kappa shape index (κ3) is 1.44. The second kappa shape index (κ2) is 2.81. The summed E-state index contributed by atoms with van der Waals surface area (Å²) in [6.07, 6.45) is -3.54. The molecular weight excluding hydrogens is 162 g/mol. The van der Waals surface area contributed by atoms with E-state index in [4.69, 9.17) is 0 Å². The molecule has 0 aliphatic heterocycles. The Labute approximate surface area is 60.4 Å². The van der Waals surface area contributed by atoms with Gasteiger partial charge >= 0.3 is 0 Å². The first-order valence-corrected chi connectivity index (χ1v) is 2.54. The summed E-state index contributed by atoms with van der Waals surface area (Å²) in [7, 11) is 0. The Bertz CT molecular complexity index is 175. The predicted octanol–water partition coefficient (Wildman–Crippen LogP) is -2.24. The van der Waals surface area contributed by atoms with Gasteiger partial charge in [-0.3, -0.25) is 0 Å². The predicted molar refractivity (Wildman–Crippen MR) is 24.1 cm³/mol. The average molecular weight is 166 g/mol. The second-order valence-electron chi connectivity index (χ2n) is 2.08. The smallest absolute Gasteiger partial charge is 0.254 e. The van der Waals surface area contributed by atoms with Crippen LogP contribution in [0.2, 0.25) is 0 Å². The summed E-state index contributed by atoms with van der Waals surface area (Å²) >= 11 is 0. The van der Waals surface area contributed by atoms with Crippen LogP contribution >= 0.6 is 0 Å². The third-order valence-corrected chi connectivity index (χ3v) is 1.28. The van der Waals surface area contributed by atoms with Gasteiger partial charge in [-0.2, -0.15) is 0 Å². The first kappa shape index (κ1) is 9.80. The molecule has 0 atom stereocenters. The standard InChI is InChI=1S/C5H6F2O4/c1-5(2(6)7,3(8)9)4(10)11/h2H,1H3,(H,8,9)(H,10,11)/p-2. The number of rotatable bonds is 3. The van der Waals surface area contributed by atoms with Crippen molar-refractivity contribution in [1.29, 1.82) is 0 Å². The highest BCUT2D eigenvalue weighted by Crippen LogP contribution is 2.23. The molecule has 0 saturated carbocycles. The van der Waals surface area contributed by atoms with Gasteiger partial charge < -0.3 is 19.8 Å². The highest BCUT2D eigenvalue weighted by Gasteiger charge is 2.38. The molecular formula is C5H4F2O4-2. The van der Waals surface area contributed by atoms with Crippen molar-refractivity contribution in [3.63, 3.8) is 0 Å². The highest BCUT2D eigenvalue weighted by atomic mass is 19.3. The lowest BCUT2D eigenvalue weighted by atomic mass is 9.92. The van der Waals surface area contributed by atoms with Crippen LogP contribution in [0.5, 0.6) is 0 Å². The number of halogens is 2. The molecule has 0 amide bonds. The molecule has 0 fully saturated rings. The van der Waals surface area contributed by atoms with E-state index in [-0.39, 0.29) is 0 Å². The molecule has 0 N–H and O–H groups in total. The minimum absolute atomic E-state index is 0.336. The topological polar surface area (TPSA) is 80.3 Å². The van der Waals surface area contributed by atoms with Crippen LogP contribution in [0.15, 0.2) is 0 Å². The number of carboxylic acid groups (broad SMARTS) is 2. The van der Waals surface area contributed by atoms with E-state index < -0.39 is 23.8 Å². The van der Waals surface area contributed by atoms with Gasteiger partial charge in [-0.15, -0.1) is 0 Å². The lowest BCUT2D eigenvalue weighted by Crippen LogP contribution is -2.56.